The predicted octanol–water partition coefficient (Wildman–Crippen LogP) is 4.04. The standard InChI is InChI=1S/C24H21F3N10O3/c1-13-9-15(11-29-20(13)37-30-7-8-31-37)33-21(38)16-12-32-36(18(16)24(25,26)27)17-6-5-14(10-28)19(34-17)35-22(39)40-23(2,3)4/h5-9,11-12H,1-4H3,(H,33,38)(H,34,35,39). The Hall–Kier alpha value is -5.33. The Balaban J connectivity index is 1.67. The highest BCUT2D eigenvalue weighted by molar-refractivity contribution is 6.05. The maximum atomic E-state index is 14.2. The number of hydrogen-bond donors (Lipinski definition) is 2. The maximum Gasteiger partial charge on any atom is 0.434 e. The van der Waals surface area contributed by atoms with Crippen LogP contribution in [0.1, 0.15) is 48.0 Å². The van der Waals surface area contributed by atoms with E-state index in [9.17, 15) is 28.0 Å². The summed E-state index contributed by atoms with van der Waals surface area (Å²) in [4.78, 5) is 34.5. The third kappa shape index (κ3) is 6.04. The zero-order chi connectivity index (χ0) is 29.2. The zero-order valence-electron chi connectivity index (χ0n) is 21.5. The molecule has 0 aliphatic rings. The van der Waals surface area contributed by atoms with Gasteiger partial charge in [-0.05, 0) is 51.5 Å². The Morgan fingerprint density at radius 1 is 1.05 bits per heavy atom. The van der Waals surface area contributed by atoms with E-state index in [1.165, 1.54) is 29.5 Å². The van der Waals surface area contributed by atoms with Crippen LogP contribution < -0.4 is 10.6 Å². The fraction of sp³-hybridized carbons (Fsp3) is 0.250. The molecule has 4 rings (SSSR count). The van der Waals surface area contributed by atoms with Crippen LogP contribution in [0.15, 0.2) is 43.0 Å². The summed E-state index contributed by atoms with van der Waals surface area (Å²) >= 11 is 0. The van der Waals surface area contributed by atoms with Crippen molar-refractivity contribution in [3.63, 3.8) is 0 Å². The van der Waals surface area contributed by atoms with E-state index in [-0.39, 0.29) is 17.1 Å². The van der Waals surface area contributed by atoms with Crippen LogP contribution in [-0.4, -0.2) is 52.3 Å². The summed E-state index contributed by atoms with van der Waals surface area (Å²) < 4.78 is 48.1. The predicted molar refractivity (Wildman–Crippen MR) is 133 cm³/mol. The van der Waals surface area contributed by atoms with Crippen LogP contribution in [0.5, 0.6) is 0 Å². The molecule has 0 radical (unpaired) electrons. The maximum absolute atomic E-state index is 14.2. The van der Waals surface area contributed by atoms with Gasteiger partial charge in [-0.2, -0.15) is 33.7 Å². The lowest BCUT2D eigenvalue weighted by Gasteiger charge is -2.20. The number of anilines is 2. The molecule has 13 nitrogen and oxygen atoms in total. The van der Waals surface area contributed by atoms with Crippen LogP contribution in [0.25, 0.3) is 11.6 Å². The van der Waals surface area contributed by atoms with Crippen molar-refractivity contribution >= 4 is 23.5 Å². The highest BCUT2D eigenvalue weighted by Crippen LogP contribution is 2.34. The molecule has 0 spiro atoms. The summed E-state index contributed by atoms with van der Waals surface area (Å²) in [5.41, 5.74) is -2.56. The fourth-order valence-corrected chi connectivity index (χ4v) is 3.48. The lowest BCUT2D eigenvalue weighted by atomic mass is 10.2. The number of carbonyl (C=O) groups excluding carboxylic acids is 2. The molecule has 0 unspecified atom stereocenters. The average molecular weight is 554 g/mol. The Morgan fingerprint density at radius 2 is 1.75 bits per heavy atom. The summed E-state index contributed by atoms with van der Waals surface area (Å²) in [6, 6.07) is 5.54. The third-order valence-electron chi connectivity index (χ3n) is 5.04. The van der Waals surface area contributed by atoms with Gasteiger partial charge >= 0.3 is 12.3 Å². The molecule has 4 aromatic rings. The molecule has 4 heterocycles. The molecule has 0 aliphatic heterocycles. The molecule has 4 aromatic heterocycles. The SMILES string of the molecule is Cc1cc(NC(=O)c2cnn(-c3ccc(C#N)c(NC(=O)OC(C)(C)C)n3)c2C(F)(F)F)cnc1-n1nccn1. The van der Waals surface area contributed by atoms with E-state index in [2.05, 4.69) is 35.9 Å². The van der Waals surface area contributed by atoms with Crippen molar-refractivity contribution in [1.82, 2.24) is 34.7 Å². The second kappa shape index (κ2) is 10.4. The van der Waals surface area contributed by atoms with Crippen LogP contribution >= 0.6 is 0 Å². The van der Waals surface area contributed by atoms with Crippen molar-refractivity contribution in [2.75, 3.05) is 10.6 Å². The average Bonchev–Trinajstić information content (AvgIpc) is 3.53. The first-order valence-corrected chi connectivity index (χ1v) is 11.5. The number of pyridine rings is 2. The quantitative estimate of drug-likeness (QED) is 0.370. The number of alkyl halides is 3. The van der Waals surface area contributed by atoms with Gasteiger partial charge in [0.1, 0.15) is 11.7 Å². The first-order chi connectivity index (χ1) is 18.8. The van der Waals surface area contributed by atoms with Gasteiger partial charge in [-0.3, -0.25) is 10.1 Å². The molecule has 0 saturated carbocycles. The summed E-state index contributed by atoms with van der Waals surface area (Å²) in [7, 11) is 0. The van der Waals surface area contributed by atoms with Gasteiger partial charge in [-0.1, -0.05) is 0 Å². The smallest absolute Gasteiger partial charge is 0.434 e. The monoisotopic (exact) mass is 554 g/mol. The number of nitrogens with one attached hydrogen (secondary N) is 2. The molecular weight excluding hydrogens is 533 g/mol. The van der Waals surface area contributed by atoms with Gasteiger partial charge in [-0.15, -0.1) is 4.80 Å². The van der Waals surface area contributed by atoms with E-state index in [1.54, 1.807) is 33.8 Å². The molecule has 206 valence electrons. The van der Waals surface area contributed by atoms with Crippen molar-refractivity contribution < 1.29 is 27.5 Å². The van der Waals surface area contributed by atoms with Crippen molar-refractivity contribution in [3.05, 3.63) is 65.4 Å². The van der Waals surface area contributed by atoms with E-state index >= 15 is 0 Å². The van der Waals surface area contributed by atoms with Gasteiger partial charge in [0.2, 0.25) is 0 Å². The van der Waals surface area contributed by atoms with Crippen LogP contribution in [0.4, 0.5) is 29.5 Å². The topological polar surface area (TPSA) is 166 Å². The van der Waals surface area contributed by atoms with Gasteiger partial charge < -0.3 is 10.1 Å². The van der Waals surface area contributed by atoms with E-state index < -0.39 is 40.9 Å². The van der Waals surface area contributed by atoms with E-state index in [4.69, 9.17) is 4.74 Å². The minimum absolute atomic E-state index is 0.125. The number of carbonyl (C=O) groups is 2. The number of nitrogens with zero attached hydrogens (tertiary/aromatic N) is 8. The number of aromatic nitrogens is 7. The molecule has 0 fully saturated rings. The van der Waals surface area contributed by atoms with Crippen molar-refractivity contribution in [2.24, 2.45) is 0 Å². The van der Waals surface area contributed by atoms with Gasteiger partial charge in [0.15, 0.2) is 23.1 Å². The minimum Gasteiger partial charge on any atom is -0.444 e. The second-order valence-corrected chi connectivity index (χ2v) is 9.26. The molecule has 40 heavy (non-hydrogen) atoms. The van der Waals surface area contributed by atoms with E-state index in [0.29, 0.717) is 16.1 Å². The first kappa shape index (κ1) is 27.7. The van der Waals surface area contributed by atoms with E-state index in [1.807, 2.05) is 0 Å². The largest absolute Gasteiger partial charge is 0.444 e. The lowest BCUT2D eigenvalue weighted by Crippen LogP contribution is -2.28. The summed E-state index contributed by atoms with van der Waals surface area (Å²) in [5.74, 6) is -1.50. The van der Waals surface area contributed by atoms with Crippen LogP contribution in [0, 0.1) is 18.3 Å². The molecule has 2 amide bonds. The molecule has 16 heteroatoms. The highest BCUT2D eigenvalue weighted by atomic mass is 19.4. The summed E-state index contributed by atoms with van der Waals surface area (Å²) in [6.45, 7) is 6.49. The van der Waals surface area contributed by atoms with E-state index in [0.717, 1.165) is 18.3 Å². The molecule has 2 N–H and O–H groups in total. The lowest BCUT2D eigenvalue weighted by molar-refractivity contribution is -0.143. The number of hydrogen-bond acceptors (Lipinski definition) is 9. The van der Waals surface area contributed by atoms with Crippen molar-refractivity contribution in [3.8, 4) is 17.7 Å². The second-order valence-electron chi connectivity index (χ2n) is 9.26. The number of aryl methyl sites for hydroxylation is 1. The molecule has 0 saturated heterocycles. The van der Waals surface area contributed by atoms with Crippen molar-refractivity contribution in [1.29, 1.82) is 5.26 Å². The number of amides is 2. The highest BCUT2D eigenvalue weighted by Gasteiger charge is 2.41. The minimum atomic E-state index is -5.04. The van der Waals surface area contributed by atoms with Gasteiger partial charge in [0.25, 0.3) is 5.91 Å². The van der Waals surface area contributed by atoms with Crippen LogP contribution in [-0.2, 0) is 10.9 Å². The normalized spacial score (nSPS) is 11.6. The summed E-state index contributed by atoms with van der Waals surface area (Å²) in [5, 5.41) is 25.7. The van der Waals surface area contributed by atoms with Gasteiger partial charge in [-0.25, -0.2) is 19.4 Å². The third-order valence-corrected chi connectivity index (χ3v) is 5.04. The Labute approximate surface area is 224 Å². The number of ether oxygens (including phenoxy) is 1. The number of halogens is 3. The Bertz CT molecular complexity index is 1620. The number of rotatable bonds is 5. The Kier molecular flexibility index (Phi) is 7.23. The number of nitriles is 1. The molecular formula is C24H21F3N10O3. The first-order valence-electron chi connectivity index (χ1n) is 11.5. The van der Waals surface area contributed by atoms with Crippen LogP contribution in [0.2, 0.25) is 0 Å². The van der Waals surface area contributed by atoms with Crippen LogP contribution in [0.3, 0.4) is 0 Å². The van der Waals surface area contributed by atoms with Gasteiger partial charge in [0, 0.05) is 0 Å². The Morgan fingerprint density at radius 3 is 2.35 bits per heavy atom. The van der Waals surface area contributed by atoms with Gasteiger partial charge in [0.05, 0.1) is 41.6 Å². The fourth-order valence-electron chi connectivity index (χ4n) is 3.48. The zero-order valence-corrected chi connectivity index (χ0v) is 21.5. The molecule has 0 atom stereocenters. The summed E-state index contributed by atoms with van der Waals surface area (Å²) in [6.07, 6.45) is -1.12. The molecule has 0 bridgehead atoms. The van der Waals surface area contributed by atoms with Crippen molar-refractivity contribution in [2.45, 2.75) is 39.5 Å². The molecule has 0 aliphatic carbocycles. The molecule has 0 aromatic carbocycles.